The van der Waals surface area contributed by atoms with Crippen molar-refractivity contribution in [2.75, 3.05) is 0 Å². The van der Waals surface area contributed by atoms with Gasteiger partial charge in [0.05, 0.1) is 0 Å². The summed E-state index contributed by atoms with van der Waals surface area (Å²) in [5.41, 5.74) is 52.8. The standard InChI is InChI=1S/C5H2N22O/c6-20-14-4(15-21-7,16-22-8)3(28-2-1-12-26-27-13-2)5(17-23-9,18-24-10)19-25-11/h1,3H. The zero-order chi connectivity index (χ0) is 20.9. The number of nitrogens with zero attached hydrogens (tertiary/aromatic N) is 22. The molecule has 0 aromatic carbocycles. The molecule has 0 radical (unpaired) electrons. The molecule has 0 atom stereocenters. The molecule has 23 heteroatoms. The Bertz CT molecular complexity index is 834. The molecule has 0 saturated heterocycles. The first kappa shape index (κ1) is 20.6. The summed E-state index contributed by atoms with van der Waals surface area (Å²) in [7, 11) is 0. The van der Waals surface area contributed by atoms with Crippen molar-refractivity contribution < 1.29 is 4.74 Å². The van der Waals surface area contributed by atoms with Gasteiger partial charge in [-0.25, -0.2) is 0 Å². The molecule has 138 valence electrons. The number of hydrogen-bond acceptors (Lipinski definition) is 11. The van der Waals surface area contributed by atoms with Gasteiger partial charge in [-0.15, -0.1) is 5.10 Å². The van der Waals surface area contributed by atoms with Gasteiger partial charge in [-0.3, -0.25) is 0 Å². The van der Waals surface area contributed by atoms with E-state index < -0.39 is 23.6 Å². The third-order valence-corrected chi connectivity index (χ3v) is 2.50. The van der Waals surface area contributed by atoms with E-state index in [1.54, 1.807) is 0 Å². The average molecular weight is 386 g/mol. The van der Waals surface area contributed by atoms with Gasteiger partial charge in [-0.1, -0.05) is 35.8 Å². The van der Waals surface area contributed by atoms with Crippen LogP contribution in [-0.2, 0) is 0 Å². The molecule has 0 aliphatic rings. The molecule has 0 N–H and O–H groups in total. The number of ether oxygens (including phenoxy) is 1. The second-order valence-corrected chi connectivity index (χ2v) is 3.87. The molecule has 1 aromatic heterocycles. The van der Waals surface area contributed by atoms with Crippen molar-refractivity contribution in [1.29, 1.82) is 0 Å². The highest BCUT2D eigenvalue weighted by atomic mass is 16.5. The lowest BCUT2D eigenvalue weighted by atomic mass is 10.1. The topological polar surface area (TPSA) is 353 Å². The van der Waals surface area contributed by atoms with Crippen LogP contribution in [0.5, 0.6) is 5.88 Å². The van der Waals surface area contributed by atoms with Crippen LogP contribution >= 0.6 is 0 Å². The van der Waals surface area contributed by atoms with Crippen LogP contribution in [0.4, 0.5) is 0 Å². The van der Waals surface area contributed by atoms with E-state index >= 15 is 0 Å². The van der Waals surface area contributed by atoms with E-state index in [4.69, 9.17) is 37.9 Å². The lowest BCUT2D eigenvalue weighted by Crippen LogP contribution is -2.54. The van der Waals surface area contributed by atoms with Crippen LogP contribution in [0.15, 0.2) is 36.9 Å². The Morgan fingerprint density at radius 1 is 0.714 bits per heavy atom. The molecule has 0 spiro atoms. The predicted molar refractivity (Wildman–Crippen MR) is 82.4 cm³/mol. The second-order valence-electron chi connectivity index (χ2n) is 3.87. The van der Waals surface area contributed by atoms with E-state index in [0.29, 0.717) is 0 Å². The number of aromatic nitrogens is 4. The monoisotopic (exact) mass is 386 g/mol. The summed E-state index contributed by atoms with van der Waals surface area (Å²) >= 11 is 0. The minimum atomic E-state index is -3.00. The molecule has 1 aromatic rings. The van der Waals surface area contributed by atoms with Gasteiger partial charge in [-0.05, 0) is 43.6 Å². The van der Waals surface area contributed by atoms with Crippen LogP contribution in [0.25, 0.3) is 62.7 Å². The maximum absolute atomic E-state index is 8.80. The molecule has 1 rings (SSSR count). The van der Waals surface area contributed by atoms with Gasteiger partial charge in [0.25, 0.3) is 5.88 Å². The van der Waals surface area contributed by atoms with E-state index in [1.807, 2.05) is 0 Å². The van der Waals surface area contributed by atoms with Gasteiger partial charge in [0.1, 0.15) is 12.3 Å². The number of azide groups is 2. The van der Waals surface area contributed by atoms with Gasteiger partial charge < -0.3 is 4.74 Å². The molecule has 0 fully saturated rings. The summed E-state index contributed by atoms with van der Waals surface area (Å²) in [6, 6.07) is 0. The summed E-state index contributed by atoms with van der Waals surface area (Å²) in [5, 5.41) is 31.0. The molecule has 23 nitrogen and oxygen atoms in total. The van der Waals surface area contributed by atoms with Crippen molar-refractivity contribution >= 4 is 0 Å². The Morgan fingerprint density at radius 2 is 1.11 bits per heavy atom. The Morgan fingerprint density at radius 3 is 1.39 bits per heavy atom. The van der Waals surface area contributed by atoms with Crippen molar-refractivity contribution in [3.05, 3.63) is 68.9 Å². The minimum Gasteiger partial charge on any atom is -0.470 e. The Balaban J connectivity index is 4.03. The van der Waals surface area contributed by atoms with Crippen molar-refractivity contribution in [1.82, 2.24) is 20.6 Å². The summed E-state index contributed by atoms with van der Waals surface area (Å²) in [4.78, 5) is 14.1. The fourth-order valence-electron chi connectivity index (χ4n) is 1.61. The predicted octanol–water partition coefficient (Wildman–Crippen LogP) is 3.18. The van der Waals surface area contributed by atoms with Crippen LogP contribution in [0.1, 0.15) is 0 Å². The Labute approximate surface area is 149 Å². The molecule has 0 bridgehead atoms. The highest BCUT2D eigenvalue weighted by Gasteiger charge is 2.53. The van der Waals surface area contributed by atoms with Crippen molar-refractivity contribution in [2.45, 2.75) is 17.7 Å². The second kappa shape index (κ2) is 9.79. The average Bonchev–Trinajstić information content (AvgIpc) is 2.68. The molecular weight excluding hydrogens is 384 g/mol. The van der Waals surface area contributed by atoms with Crippen LogP contribution in [0, 0.1) is 0 Å². The van der Waals surface area contributed by atoms with Gasteiger partial charge in [-0.2, -0.15) is 0 Å². The lowest BCUT2D eigenvalue weighted by Gasteiger charge is -2.35. The summed E-state index contributed by atoms with van der Waals surface area (Å²) in [6.07, 6.45) is -1.57. The highest BCUT2D eigenvalue weighted by molar-refractivity contribution is 5.11. The van der Waals surface area contributed by atoms with Gasteiger partial charge >= 0.3 is 0 Å². The fraction of sp³-hybridized carbons (Fsp3) is 0.600. The van der Waals surface area contributed by atoms with Crippen LogP contribution in [0.2, 0.25) is 0 Å². The maximum Gasteiger partial charge on any atom is 0.256 e. The lowest BCUT2D eigenvalue weighted by molar-refractivity contribution is 0.0410. The van der Waals surface area contributed by atoms with Gasteiger partial charge in [0.15, 0.2) is 0 Å². The molecule has 28 heavy (non-hydrogen) atoms. The summed E-state index contributed by atoms with van der Waals surface area (Å²) in [5.74, 6) is -6.57. The molecular formula is C5H2N22O. The van der Waals surface area contributed by atoms with E-state index in [2.05, 4.69) is 80.8 Å². The molecule has 1 heterocycles. The zero-order valence-electron chi connectivity index (χ0n) is 12.9. The smallest absolute Gasteiger partial charge is 0.256 e. The van der Waals surface area contributed by atoms with Gasteiger partial charge in [0.2, 0.25) is 11.6 Å². The largest absolute Gasteiger partial charge is 0.470 e. The molecule has 0 saturated carbocycles. The Hall–Kier alpha value is -5.40. The van der Waals surface area contributed by atoms with Crippen LogP contribution < -0.4 is 4.74 Å². The molecule has 0 aliphatic carbocycles. The Kier molecular flexibility index (Phi) is 7.22. The van der Waals surface area contributed by atoms with Crippen molar-refractivity contribution in [3.8, 4) is 5.88 Å². The SMILES string of the molecule is [N-]=[N+]=NC(N=[N+]=[N-])(N=[N+]=[N-])C(Oc1cnnnn1)C(N=[N+]=[N-])(N=[N+]=[N-])N=[N+]=[N-]. The van der Waals surface area contributed by atoms with E-state index in [1.165, 1.54) is 0 Å². The first-order valence-electron chi connectivity index (χ1n) is 6.13. The number of rotatable bonds is 10. The minimum absolute atomic E-state index is 0.572. The third kappa shape index (κ3) is 4.36. The fourth-order valence-corrected chi connectivity index (χ4v) is 1.61. The highest BCUT2D eigenvalue weighted by Crippen LogP contribution is 2.37. The van der Waals surface area contributed by atoms with Crippen LogP contribution in [-0.4, -0.2) is 38.3 Å². The maximum atomic E-state index is 8.80. The molecule has 0 amide bonds. The first-order valence-corrected chi connectivity index (χ1v) is 6.13. The zero-order valence-corrected chi connectivity index (χ0v) is 12.9. The van der Waals surface area contributed by atoms with E-state index in [0.717, 1.165) is 6.20 Å². The van der Waals surface area contributed by atoms with E-state index in [9.17, 15) is 0 Å². The summed E-state index contributed by atoms with van der Waals surface area (Å²) in [6.45, 7) is 0. The van der Waals surface area contributed by atoms with E-state index in [-0.39, 0.29) is 0 Å². The first-order chi connectivity index (χ1) is 13.6. The third-order valence-electron chi connectivity index (χ3n) is 2.50. The quantitative estimate of drug-likeness (QED) is 0.330. The summed E-state index contributed by atoms with van der Waals surface area (Å²) < 4.78 is 5.20. The van der Waals surface area contributed by atoms with Crippen molar-refractivity contribution in [3.63, 3.8) is 0 Å². The van der Waals surface area contributed by atoms with Gasteiger partial charge in [0, 0.05) is 29.5 Å². The van der Waals surface area contributed by atoms with Crippen molar-refractivity contribution in [2.24, 2.45) is 30.7 Å². The molecule has 0 unspecified atom stereocenters. The van der Waals surface area contributed by atoms with Crippen LogP contribution in [0.3, 0.4) is 0 Å². The normalized spacial score (nSPS) is 14.1. The number of hydrogen-bond donors (Lipinski definition) is 0. The molecule has 0 aliphatic heterocycles.